The molecule has 0 saturated heterocycles. The fraction of sp³-hybridized carbons (Fsp3) is 0.250. The Kier molecular flexibility index (Phi) is 2.57. The Hall–Kier alpha value is -0.930. The summed E-state index contributed by atoms with van der Waals surface area (Å²) < 4.78 is 12.3. The van der Waals surface area contributed by atoms with Gasteiger partial charge in [-0.1, -0.05) is 12.1 Å². The molecule has 2 nitrogen and oxygen atoms in total. The lowest BCUT2D eigenvalue weighted by atomic mass is 10.1. The molecular formula is C8H10FNO. The van der Waals surface area contributed by atoms with Crippen molar-refractivity contribution in [2.24, 2.45) is 5.73 Å². The van der Waals surface area contributed by atoms with Crippen molar-refractivity contribution in [2.45, 2.75) is 6.10 Å². The van der Waals surface area contributed by atoms with Gasteiger partial charge >= 0.3 is 0 Å². The molecule has 0 radical (unpaired) electrons. The number of rotatable bonds is 2. The van der Waals surface area contributed by atoms with E-state index < -0.39 is 6.10 Å². The van der Waals surface area contributed by atoms with Crippen LogP contribution in [0.3, 0.4) is 0 Å². The molecular weight excluding hydrogens is 145 g/mol. The van der Waals surface area contributed by atoms with Crippen LogP contribution in [-0.2, 0) is 0 Å². The van der Waals surface area contributed by atoms with Crippen molar-refractivity contribution in [1.29, 1.82) is 0 Å². The van der Waals surface area contributed by atoms with E-state index in [1.807, 2.05) is 0 Å². The quantitative estimate of drug-likeness (QED) is 0.664. The molecule has 0 amide bonds. The van der Waals surface area contributed by atoms with Crippen molar-refractivity contribution >= 4 is 0 Å². The molecule has 0 saturated carbocycles. The van der Waals surface area contributed by atoms with Crippen LogP contribution in [0, 0.1) is 5.82 Å². The van der Waals surface area contributed by atoms with Crippen LogP contribution in [0.15, 0.2) is 24.3 Å². The average molecular weight is 155 g/mol. The minimum Gasteiger partial charge on any atom is -0.387 e. The second-order valence-corrected chi connectivity index (χ2v) is 2.30. The first-order chi connectivity index (χ1) is 5.24. The Labute approximate surface area is 64.5 Å². The van der Waals surface area contributed by atoms with Crippen molar-refractivity contribution < 1.29 is 9.50 Å². The first-order valence-corrected chi connectivity index (χ1v) is 3.37. The summed E-state index contributed by atoms with van der Waals surface area (Å²) >= 11 is 0. The van der Waals surface area contributed by atoms with Gasteiger partial charge in [-0.15, -0.1) is 0 Å². The van der Waals surface area contributed by atoms with E-state index in [9.17, 15) is 9.50 Å². The molecule has 11 heavy (non-hydrogen) atoms. The zero-order valence-electron chi connectivity index (χ0n) is 6.00. The largest absolute Gasteiger partial charge is 0.387 e. The molecule has 0 fully saturated rings. The maximum atomic E-state index is 12.3. The minimum absolute atomic E-state index is 0.158. The van der Waals surface area contributed by atoms with Gasteiger partial charge in [-0.3, -0.25) is 0 Å². The highest BCUT2D eigenvalue weighted by Gasteiger charge is 2.03. The molecule has 1 aromatic carbocycles. The lowest BCUT2D eigenvalue weighted by Crippen LogP contribution is -2.11. The fourth-order valence-corrected chi connectivity index (χ4v) is 0.821. The van der Waals surface area contributed by atoms with Crippen LogP contribution in [0.1, 0.15) is 11.7 Å². The first-order valence-electron chi connectivity index (χ1n) is 3.37. The molecule has 3 N–H and O–H groups in total. The van der Waals surface area contributed by atoms with Gasteiger partial charge in [-0.05, 0) is 17.7 Å². The summed E-state index contributed by atoms with van der Waals surface area (Å²) in [5.41, 5.74) is 5.85. The van der Waals surface area contributed by atoms with Gasteiger partial charge in [0.2, 0.25) is 0 Å². The van der Waals surface area contributed by atoms with E-state index >= 15 is 0 Å². The van der Waals surface area contributed by atoms with Crippen molar-refractivity contribution in [1.82, 2.24) is 0 Å². The Bertz CT molecular complexity index is 222. The number of aliphatic hydroxyl groups is 1. The van der Waals surface area contributed by atoms with E-state index in [-0.39, 0.29) is 12.4 Å². The van der Waals surface area contributed by atoms with Gasteiger partial charge in [0.1, 0.15) is 5.82 Å². The molecule has 0 aromatic heterocycles. The molecule has 1 aromatic rings. The molecule has 1 atom stereocenters. The molecule has 60 valence electrons. The highest BCUT2D eigenvalue weighted by molar-refractivity contribution is 5.18. The molecule has 3 heteroatoms. The summed E-state index contributed by atoms with van der Waals surface area (Å²) in [4.78, 5) is 0. The average Bonchev–Trinajstić information content (AvgIpc) is 2.05. The summed E-state index contributed by atoms with van der Waals surface area (Å²) in [6, 6.07) is 5.64. The Balaban J connectivity index is 2.81. The third-order valence-corrected chi connectivity index (χ3v) is 1.48. The van der Waals surface area contributed by atoms with Gasteiger partial charge in [0, 0.05) is 6.54 Å². The topological polar surface area (TPSA) is 46.2 Å². The maximum Gasteiger partial charge on any atom is 0.123 e. The van der Waals surface area contributed by atoms with Crippen LogP contribution in [-0.4, -0.2) is 11.7 Å². The minimum atomic E-state index is -0.685. The first kappa shape index (κ1) is 8.17. The van der Waals surface area contributed by atoms with E-state index in [2.05, 4.69) is 0 Å². The van der Waals surface area contributed by atoms with E-state index in [0.29, 0.717) is 5.56 Å². The number of hydrogen-bond acceptors (Lipinski definition) is 2. The van der Waals surface area contributed by atoms with Gasteiger partial charge in [-0.2, -0.15) is 0 Å². The Morgan fingerprint density at radius 3 is 2.36 bits per heavy atom. The number of benzene rings is 1. The van der Waals surface area contributed by atoms with Crippen LogP contribution < -0.4 is 5.73 Å². The predicted molar refractivity (Wildman–Crippen MR) is 40.4 cm³/mol. The zero-order valence-corrected chi connectivity index (χ0v) is 6.00. The molecule has 0 aliphatic heterocycles. The molecule has 0 bridgehead atoms. The van der Waals surface area contributed by atoms with Crippen molar-refractivity contribution in [2.75, 3.05) is 6.54 Å². The maximum absolute atomic E-state index is 12.3. The normalized spacial score (nSPS) is 13.0. The summed E-state index contributed by atoms with van der Waals surface area (Å²) in [7, 11) is 0. The molecule has 0 heterocycles. The SMILES string of the molecule is NCC(O)c1ccc(F)cc1. The summed E-state index contributed by atoms with van der Waals surface area (Å²) in [5.74, 6) is -0.307. The molecule has 1 unspecified atom stereocenters. The summed E-state index contributed by atoms with van der Waals surface area (Å²) in [6.45, 7) is 0.158. The Morgan fingerprint density at radius 2 is 1.91 bits per heavy atom. The number of halogens is 1. The van der Waals surface area contributed by atoms with Crippen molar-refractivity contribution in [3.05, 3.63) is 35.6 Å². The van der Waals surface area contributed by atoms with Crippen LogP contribution in [0.25, 0.3) is 0 Å². The van der Waals surface area contributed by atoms with Gasteiger partial charge in [0.25, 0.3) is 0 Å². The zero-order chi connectivity index (χ0) is 8.27. The van der Waals surface area contributed by atoms with E-state index in [4.69, 9.17) is 5.73 Å². The second-order valence-electron chi connectivity index (χ2n) is 2.30. The van der Waals surface area contributed by atoms with Crippen molar-refractivity contribution in [3.8, 4) is 0 Å². The number of nitrogens with two attached hydrogens (primary N) is 1. The van der Waals surface area contributed by atoms with Gasteiger partial charge in [0.05, 0.1) is 6.10 Å². The van der Waals surface area contributed by atoms with Crippen molar-refractivity contribution in [3.63, 3.8) is 0 Å². The second kappa shape index (κ2) is 3.46. The smallest absolute Gasteiger partial charge is 0.123 e. The number of aliphatic hydroxyl groups excluding tert-OH is 1. The summed E-state index contributed by atoms with van der Waals surface area (Å²) in [6.07, 6.45) is -0.685. The molecule has 0 spiro atoms. The molecule has 0 aliphatic rings. The van der Waals surface area contributed by atoms with E-state index in [0.717, 1.165) is 0 Å². The highest BCUT2D eigenvalue weighted by atomic mass is 19.1. The lowest BCUT2D eigenvalue weighted by Gasteiger charge is -2.06. The standard InChI is InChI=1S/C8H10FNO/c9-7-3-1-6(2-4-7)8(11)5-10/h1-4,8,11H,5,10H2. The monoisotopic (exact) mass is 155 g/mol. The van der Waals surface area contributed by atoms with Gasteiger partial charge < -0.3 is 10.8 Å². The van der Waals surface area contributed by atoms with E-state index in [1.165, 1.54) is 24.3 Å². The number of hydrogen-bond donors (Lipinski definition) is 2. The van der Waals surface area contributed by atoms with Crippen LogP contribution >= 0.6 is 0 Å². The van der Waals surface area contributed by atoms with Gasteiger partial charge in [-0.25, -0.2) is 4.39 Å². The molecule has 1 rings (SSSR count). The Morgan fingerprint density at radius 1 is 1.36 bits per heavy atom. The van der Waals surface area contributed by atoms with Crippen LogP contribution in [0.5, 0.6) is 0 Å². The third kappa shape index (κ3) is 2.00. The van der Waals surface area contributed by atoms with Gasteiger partial charge in [0.15, 0.2) is 0 Å². The highest BCUT2D eigenvalue weighted by Crippen LogP contribution is 2.11. The van der Waals surface area contributed by atoms with Crippen LogP contribution in [0.4, 0.5) is 4.39 Å². The third-order valence-electron chi connectivity index (χ3n) is 1.48. The predicted octanol–water partition coefficient (Wildman–Crippen LogP) is 0.818. The fourth-order valence-electron chi connectivity index (χ4n) is 0.821. The van der Waals surface area contributed by atoms with Crippen LogP contribution in [0.2, 0.25) is 0 Å². The summed E-state index contributed by atoms with van der Waals surface area (Å²) in [5, 5.41) is 9.17. The van der Waals surface area contributed by atoms with E-state index in [1.54, 1.807) is 0 Å². The lowest BCUT2D eigenvalue weighted by molar-refractivity contribution is 0.186. The molecule has 0 aliphatic carbocycles.